The van der Waals surface area contributed by atoms with Crippen molar-refractivity contribution in [3.05, 3.63) is 16.9 Å². The molecule has 8 heteroatoms. The smallest absolute Gasteiger partial charge is 0.265 e. The van der Waals surface area contributed by atoms with Crippen LogP contribution in [0.2, 0.25) is 0 Å². The number of carbonyl (C=O) groups is 1. The summed E-state index contributed by atoms with van der Waals surface area (Å²) in [4.78, 5) is 23.7. The van der Waals surface area contributed by atoms with Gasteiger partial charge in [0.2, 0.25) is 0 Å². The summed E-state index contributed by atoms with van der Waals surface area (Å²) in [6.07, 6.45) is 2.50. The Morgan fingerprint density at radius 2 is 2.30 bits per heavy atom. The normalized spacial score (nSPS) is 16.1. The van der Waals surface area contributed by atoms with E-state index in [1.807, 2.05) is 23.6 Å². The number of thioether (sulfide) groups is 1. The number of aryl methyl sites for hydroxylation is 1. The second-order valence-corrected chi connectivity index (χ2v) is 6.75. The third kappa shape index (κ3) is 2.71. The van der Waals surface area contributed by atoms with Crippen LogP contribution >= 0.6 is 23.1 Å². The summed E-state index contributed by atoms with van der Waals surface area (Å²) in [6.45, 7) is 3.52. The van der Waals surface area contributed by atoms with Crippen LogP contribution in [0.5, 0.6) is 0 Å². The molecule has 106 valence electrons. The zero-order chi connectivity index (χ0) is 13.9. The van der Waals surface area contributed by atoms with Crippen LogP contribution in [0.25, 0.3) is 10.8 Å². The number of carbonyl (C=O) groups excluding carboxylic acids is 1. The molecule has 0 saturated carbocycles. The minimum Gasteiger partial charge on any atom is -0.337 e. The summed E-state index contributed by atoms with van der Waals surface area (Å²) in [5.41, 5.74) is 0.767. The van der Waals surface area contributed by atoms with E-state index in [1.54, 1.807) is 0 Å². The lowest BCUT2D eigenvalue weighted by atomic mass is 10.3. The van der Waals surface area contributed by atoms with Crippen LogP contribution in [0.3, 0.4) is 0 Å². The lowest BCUT2D eigenvalue weighted by Crippen LogP contribution is -2.32. The SMILES string of the molecule is Cc1nc(-c2ncn[nH]2)sc1C(=O)N1CCCSCC1. The molecule has 1 amide bonds. The Kier molecular flexibility index (Phi) is 4.02. The Hall–Kier alpha value is -1.41. The molecule has 0 atom stereocenters. The van der Waals surface area contributed by atoms with E-state index in [9.17, 15) is 4.79 Å². The molecule has 3 heterocycles. The number of nitrogens with one attached hydrogen (secondary N) is 1. The summed E-state index contributed by atoms with van der Waals surface area (Å²) in [7, 11) is 0. The molecule has 3 rings (SSSR count). The van der Waals surface area contributed by atoms with Crippen LogP contribution in [0.15, 0.2) is 6.33 Å². The number of aromatic nitrogens is 4. The molecule has 6 nitrogen and oxygen atoms in total. The van der Waals surface area contributed by atoms with Gasteiger partial charge in [0.25, 0.3) is 5.91 Å². The van der Waals surface area contributed by atoms with Crippen molar-refractivity contribution in [2.45, 2.75) is 13.3 Å². The highest BCUT2D eigenvalue weighted by Gasteiger charge is 2.23. The fraction of sp³-hybridized carbons (Fsp3) is 0.500. The van der Waals surface area contributed by atoms with Crippen molar-refractivity contribution in [1.82, 2.24) is 25.1 Å². The lowest BCUT2D eigenvalue weighted by molar-refractivity contribution is 0.0772. The number of aromatic amines is 1. The van der Waals surface area contributed by atoms with E-state index >= 15 is 0 Å². The van der Waals surface area contributed by atoms with E-state index < -0.39 is 0 Å². The molecular weight excluding hydrogens is 294 g/mol. The molecule has 1 saturated heterocycles. The monoisotopic (exact) mass is 309 g/mol. The fourth-order valence-corrected chi connectivity index (χ4v) is 3.96. The number of thiazole rings is 1. The van der Waals surface area contributed by atoms with Crippen LogP contribution < -0.4 is 0 Å². The number of nitrogens with zero attached hydrogens (tertiary/aromatic N) is 4. The molecule has 1 aliphatic rings. The highest BCUT2D eigenvalue weighted by atomic mass is 32.2. The summed E-state index contributed by atoms with van der Waals surface area (Å²) in [5, 5.41) is 7.31. The van der Waals surface area contributed by atoms with Crippen LogP contribution in [-0.2, 0) is 0 Å². The van der Waals surface area contributed by atoms with Gasteiger partial charge in [0.1, 0.15) is 11.2 Å². The van der Waals surface area contributed by atoms with Gasteiger partial charge in [0, 0.05) is 18.8 Å². The van der Waals surface area contributed by atoms with E-state index in [2.05, 4.69) is 20.2 Å². The number of hydrogen-bond acceptors (Lipinski definition) is 6. The first kappa shape index (κ1) is 13.6. The van der Waals surface area contributed by atoms with Crippen molar-refractivity contribution >= 4 is 29.0 Å². The molecule has 0 bridgehead atoms. The van der Waals surface area contributed by atoms with Crippen molar-refractivity contribution < 1.29 is 4.79 Å². The van der Waals surface area contributed by atoms with Crippen LogP contribution in [0.1, 0.15) is 21.8 Å². The molecule has 0 spiro atoms. The Morgan fingerprint density at radius 3 is 3.10 bits per heavy atom. The summed E-state index contributed by atoms with van der Waals surface area (Å²) < 4.78 is 0. The third-order valence-electron chi connectivity index (χ3n) is 3.12. The van der Waals surface area contributed by atoms with Gasteiger partial charge in [0.15, 0.2) is 10.8 Å². The van der Waals surface area contributed by atoms with Gasteiger partial charge in [-0.25, -0.2) is 9.97 Å². The number of amides is 1. The fourth-order valence-electron chi connectivity index (χ4n) is 2.10. The molecule has 2 aromatic rings. The van der Waals surface area contributed by atoms with E-state index in [1.165, 1.54) is 17.7 Å². The maximum atomic E-state index is 12.6. The van der Waals surface area contributed by atoms with Gasteiger partial charge in [-0.3, -0.25) is 9.89 Å². The minimum absolute atomic E-state index is 0.0910. The molecule has 2 aromatic heterocycles. The van der Waals surface area contributed by atoms with Gasteiger partial charge in [-0.1, -0.05) is 0 Å². The third-order valence-corrected chi connectivity index (χ3v) is 5.32. The van der Waals surface area contributed by atoms with Crippen molar-refractivity contribution in [2.75, 3.05) is 24.6 Å². The first-order valence-electron chi connectivity index (χ1n) is 6.46. The largest absolute Gasteiger partial charge is 0.337 e. The van der Waals surface area contributed by atoms with Crippen LogP contribution in [-0.4, -0.2) is 55.6 Å². The Labute approximate surface area is 125 Å². The molecule has 0 aromatic carbocycles. The van der Waals surface area contributed by atoms with Gasteiger partial charge >= 0.3 is 0 Å². The van der Waals surface area contributed by atoms with Crippen LogP contribution in [0, 0.1) is 6.92 Å². The van der Waals surface area contributed by atoms with Crippen LogP contribution in [0.4, 0.5) is 0 Å². The summed E-state index contributed by atoms with van der Waals surface area (Å²) >= 11 is 3.29. The average Bonchev–Trinajstić information content (AvgIpc) is 3.01. The highest BCUT2D eigenvalue weighted by molar-refractivity contribution is 7.99. The Bertz CT molecular complexity index is 587. The summed E-state index contributed by atoms with van der Waals surface area (Å²) in [6, 6.07) is 0. The predicted molar refractivity (Wildman–Crippen MR) is 80.1 cm³/mol. The first-order valence-corrected chi connectivity index (χ1v) is 8.43. The highest BCUT2D eigenvalue weighted by Crippen LogP contribution is 2.26. The summed E-state index contributed by atoms with van der Waals surface area (Å²) in [5.74, 6) is 2.85. The molecule has 1 aliphatic heterocycles. The second kappa shape index (κ2) is 5.92. The van der Waals surface area contributed by atoms with Gasteiger partial charge < -0.3 is 4.90 Å². The van der Waals surface area contributed by atoms with E-state index in [0.29, 0.717) is 15.7 Å². The molecule has 0 aliphatic carbocycles. The van der Waals surface area contributed by atoms with Crippen molar-refractivity contribution in [2.24, 2.45) is 0 Å². The predicted octanol–water partition coefficient (Wildman–Crippen LogP) is 1.82. The van der Waals surface area contributed by atoms with Crippen molar-refractivity contribution in [3.63, 3.8) is 0 Å². The Balaban J connectivity index is 1.84. The molecule has 1 fully saturated rings. The number of hydrogen-bond donors (Lipinski definition) is 1. The second-order valence-electron chi connectivity index (χ2n) is 4.53. The molecule has 0 radical (unpaired) electrons. The Morgan fingerprint density at radius 1 is 1.40 bits per heavy atom. The first-order chi connectivity index (χ1) is 9.75. The maximum Gasteiger partial charge on any atom is 0.265 e. The average molecular weight is 309 g/mol. The quantitative estimate of drug-likeness (QED) is 0.916. The van der Waals surface area contributed by atoms with Gasteiger partial charge in [-0.2, -0.15) is 16.9 Å². The minimum atomic E-state index is 0.0910. The maximum absolute atomic E-state index is 12.6. The number of H-pyrrole nitrogens is 1. The van der Waals surface area contributed by atoms with Gasteiger partial charge in [-0.05, 0) is 19.1 Å². The van der Waals surface area contributed by atoms with Crippen molar-refractivity contribution in [1.29, 1.82) is 0 Å². The molecular formula is C12H15N5OS2. The number of rotatable bonds is 2. The van der Waals surface area contributed by atoms with E-state index in [4.69, 9.17) is 0 Å². The molecule has 20 heavy (non-hydrogen) atoms. The zero-order valence-corrected chi connectivity index (χ0v) is 12.8. The lowest BCUT2D eigenvalue weighted by Gasteiger charge is -2.19. The van der Waals surface area contributed by atoms with Crippen molar-refractivity contribution in [3.8, 4) is 10.8 Å². The molecule has 1 N–H and O–H groups in total. The van der Waals surface area contributed by atoms with E-state index in [-0.39, 0.29) is 5.91 Å². The van der Waals surface area contributed by atoms with Gasteiger partial charge in [0.05, 0.1) is 5.69 Å². The van der Waals surface area contributed by atoms with E-state index in [0.717, 1.165) is 36.7 Å². The van der Waals surface area contributed by atoms with Gasteiger partial charge in [-0.15, -0.1) is 11.3 Å². The zero-order valence-electron chi connectivity index (χ0n) is 11.1. The molecule has 0 unspecified atom stereocenters. The topological polar surface area (TPSA) is 74.8 Å². The standard InChI is InChI=1S/C12H15N5OS2/c1-8-9(12(18)17-3-2-5-19-6-4-17)20-11(15-8)10-13-7-14-16-10/h7H,2-6H2,1H3,(H,13,14,16).